The molecular formula is C13H19NO3. The third kappa shape index (κ3) is 3.44. The molecule has 0 aromatic carbocycles. The molecule has 0 aliphatic heterocycles. The zero-order valence-electron chi connectivity index (χ0n) is 10.6. The van der Waals surface area contributed by atoms with Gasteiger partial charge in [-0.3, -0.25) is 9.59 Å². The molecule has 4 nitrogen and oxygen atoms in total. The summed E-state index contributed by atoms with van der Waals surface area (Å²) in [7, 11) is 0. The summed E-state index contributed by atoms with van der Waals surface area (Å²) in [5.74, 6) is -0.797. The van der Waals surface area contributed by atoms with E-state index in [1.165, 1.54) is 0 Å². The van der Waals surface area contributed by atoms with Crippen molar-refractivity contribution in [2.24, 2.45) is 5.41 Å². The Hall–Kier alpha value is -1.58. The molecule has 17 heavy (non-hydrogen) atoms. The number of hydrogen-bond donors (Lipinski definition) is 1. The Morgan fingerprint density at radius 2 is 2.12 bits per heavy atom. The van der Waals surface area contributed by atoms with Crippen LogP contribution in [0.3, 0.4) is 0 Å². The molecule has 0 bridgehead atoms. The lowest BCUT2D eigenvalue weighted by atomic mass is 9.88. The fourth-order valence-corrected chi connectivity index (χ4v) is 1.63. The first-order valence-electron chi connectivity index (χ1n) is 5.74. The molecule has 1 aromatic heterocycles. The summed E-state index contributed by atoms with van der Waals surface area (Å²) in [5.41, 5.74) is -0.0152. The molecule has 1 heterocycles. The van der Waals surface area contributed by atoms with Crippen LogP contribution in [0.1, 0.15) is 32.3 Å². The molecule has 0 atom stereocenters. The predicted octanol–water partition coefficient (Wildman–Crippen LogP) is 2.05. The Kier molecular flexibility index (Phi) is 4.10. The van der Waals surface area contributed by atoms with Crippen LogP contribution < -0.4 is 5.56 Å². The molecule has 4 heteroatoms. The molecule has 1 aromatic rings. The smallest absolute Gasteiger partial charge is 0.309 e. The van der Waals surface area contributed by atoms with Gasteiger partial charge in [-0.2, -0.15) is 0 Å². The zero-order valence-corrected chi connectivity index (χ0v) is 10.6. The van der Waals surface area contributed by atoms with Crippen LogP contribution in [0.15, 0.2) is 23.1 Å². The minimum atomic E-state index is -0.797. The van der Waals surface area contributed by atoms with Crippen molar-refractivity contribution in [2.75, 3.05) is 0 Å². The number of aryl methyl sites for hydroxylation is 2. The standard InChI is InChI=1S/C13H19NO3/c1-10-6-4-8-14(11(10)15)9-5-7-13(2,3)12(16)17/h4,6,8H,5,7,9H2,1-3H3,(H,16,17). The highest BCUT2D eigenvalue weighted by atomic mass is 16.4. The number of carboxylic acid groups (broad SMARTS) is 1. The van der Waals surface area contributed by atoms with Crippen molar-refractivity contribution >= 4 is 5.97 Å². The minimum Gasteiger partial charge on any atom is -0.481 e. The van der Waals surface area contributed by atoms with Crippen LogP contribution in [-0.4, -0.2) is 15.6 Å². The van der Waals surface area contributed by atoms with Gasteiger partial charge in [0.2, 0.25) is 0 Å². The molecule has 0 saturated heterocycles. The fourth-order valence-electron chi connectivity index (χ4n) is 1.63. The van der Waals surface area contributed by atoms with Gasteiger partial charge in [0.25, 0.3) is 5.56 Å². The van der Waals surface area contributed by atoms with Gasteiger partial charge in [-0.15, -0.1) is 0 Å². The fraction of sp³-hybridized carbons (Fsp3) is 0.538. The van der Waals surface area contributed by atoms with E-state index >= 15 is 0 Å². The number of rotatable bonds is 5. The van der Waals surface area contributed by atoms with Gasteiger partial charge < -0.3 is 9.67 Å². The van der Waals surface area contributed by atoms with Crippen LogP contribution in [0.4, 0.5) is 0 Å². The molecule has 0 saturated carbocycles. The first kappa shape index (κ1) is 13.5. The van der Waals surface area contributed by atoms with Gasteiger partial charge in [0.05, 0.1) is 5.41 Å². The van der Waals surface area contributed by atoms with Gasteiger partial charge >= 0.3 is 5.97 Å². The first-order valence-corrected chi connectivity index (χ1v) is 5.74. The van der Waals surface area contributed by atoms with Crippen molar-refractivity contribution < 1.29 is 9.90 Å². The van der Waals surface area contributed by atoms with Crippen LogP contribution in [0.2, 0.25) is 0 Å². The van der Waals surface area contributed by atoms with E-state index in [1.54, 1.807) is 37.6 Å². The van der Waals surface area contributed by atoms with Crippen molar-refractivity contribution in [1.82, 2.24) is 4.57 Å². The normalized spacial score (nSPS) is 11.5. The maximum absolute atomic E-state index is 11.7. The second-order valence-electron chi connectivity index (χ2n) is 4.98. The van der Waals surface area contributed by atoms with Gasteiger partial charge in [0.1, 0.15) is 0 Å². The van der Waals surface area contributed by atoms with Crippen LogP contribution in [-0.2, 0) is 11.3 Å². The molecule has 0 amide bonds. The number of carbonyl (C=O) groups is 1. The van der Waals surface area contributed by atoms with Crippen LogP contribution in [0.25, 0.3) is 0 Å². The molecule has 0 aliphatic carbocycles. The van der Waals surface area contributed by atoms with E-state index in [1.807, 2.05) is 6.07 Å². The zero-order chi connectivity index (χ0) is 13.1. The molecule has 1 N–H and O–H groups in total. The Morgan fingerprint density at radius 1 is 1.47 bits per heavy atom. The maximum Gasteiger partial charge on any atom is 0.309 e. The lowest BCUT2D eigenvalue weighted by molar-refractivity contribution is -0.147. The van der Waals surface area contributed by atoms with E-state index in [2.05, 4.69) is 0 Å². The number of aliphatic carboxylic acids is 1. The van der Waals surface area contributed by atoms with Crippen molar-refractivity contribution in [3.05, 3.63) is 34.2 Å². The Labute approximate surface area is 101 Å². The SMILES string of the molecule is Cc1cccn(CCCC(C)(C)C(=O)O)c1=O. The summed E-state index contributed by atoms with van der Waals surface area (Å²) in [6, 6.07) is 3.61. The second kappa shape index (κ2) is 5.17. The number of hydrogen-bond acceptors (Lipinski definition) is 2. The third-order valence-corrected chi connectivity index (χ3v) is 2.99. The summed E-state index contributed by atoms with van der Waals surface area (Å²) in [5, 5.41) is 8.97. The molecule has 94 valence electrons. The monoisotopic (exact) mass is 237 g/mol. The average Bonchev–Trinajstić information content (AvgIpc) is 2.24. The van der Waals surface area contributed by atoms with Crippen molar-refractivity contribution in [3.8, 4) is 0 Å². The highest BCUT2D eigenvalue weighted by Crippen LogP contribution is 2.22. The van der Waals surface area contributed by atoms with Gasteiger partial charge in [-0.1, -0.05) is 6.07 Å². The Balaban J connectivity index is 2.61. The minimum absolute atomic E-state index is 0.000584. The van der Waals surface area contributed by atoms with Gasteiger partial charge in [0, 0.05) is 18.3 Å². The number of pyridine rings is 1. The Bertz CT molecular complexity index is 460. The van der Waals surface area contributed by atoms with E-state index in [-0.39, 0.29) is 5.56 Å². The van der Waals surface area contributed by atoms with Crippen molar-refractivity contribution in [1.29, 1.82) is 0 Å². The second-order valence-corrected chi connectivity index (χ2v) is 4.98. The van der Waals surface area contributed by atoms with Gasteiger partial charge in [-0.05, 0) is 39.7 Å². The Morgan fingerprint density at radius 3 is 2.71 bits per heavy atom. The third-order valence-electron chi connectivity index (χ3n) is 2.99. The quantitative estimate of drug-likeness (QED) is 0.852. The topological polar surface area (TPSA) is 59.3 Å². The largest absolute Gasteiger partial charge is 0.481 e. The molecular weight excluding hydrogens is 218 g/mol. The predicted molar refractivity (Wildman–Crippen MR) is 66.1 cm³/mol. The van der Waals surface area contributed by atoms with Crippen molar-refractivity contribution in [3.63, 3.8) is 0 Å². The van der Waals surface area contributed by atoms with Crippen LogP contribution in [0.5, 0.6) is 0 Å². The van der Waals surface area contributed by atoms with E-state index in [0.717, 1.165) is 0 Å². The van der Waals surface area contributed by atoms with E-state index in [9.17, 15) is 9.59 Å². The van der Waals surface area contributed by atoms with E-state index in [4.69, 9.17) is 5.11 Å². The summed E-state index contributed by atoms with van der Waals surface area (Å²) >= 11 is 0. The van der Waals surface area contributed by atoms with Crippen LogP contribution >= 0.6 is 0 Å². The molecule has 0 aliphatic rings. The highest BCUT2D eigenvalue weighted by Gasteiger charge is 2.26. The highest BCUT2D eigenvalue weighted by molar-refractivity contribution is 5.73. The van der Waals surface area contributed by atoms with E-state index < -0.39 is 11.4 Å². The molecule has 0 spiro atoms. The van der Waals surface area contributed by atoms with Gasteiger partial charge in [-0.25, -0.2) is 0 Å². The number of carboxylic acids is 1. The van der Waals surface area contributed by atoms with Crippen LogP contribution in [0, 0.1) is 12.3 Å². The maximum atomic E-state index is 11.7. The number of nitrogens with zero attached hydrogens (tertiary/aromatic N) is 1. The molecule has 0 unspecified atom stereocenters. The summed E-state index contributed by atoms with van der Waals surface area (Å²) < 4.78 is 1.63. The van der Waals surface area contributed by atoms with Gasteiger partial charge in [0.15, 0.2) is 0 Å². The van der Waals surface area contributed by atoms with E-state index in [0.29, 0.717) is 24.9 Å². The lowest BCUT2D eigenvalue weighted by Crippen LogP contribution is -2.26. The summed E-state index contributed by atoms with van der Waals surface area (Å²) in [4.78, 5) is 22.6. The summed E-state index contributed by atoms with van der Waals surface area (Å²) in [6.45, 7) is 5.75. The summed E-state index contributed by atoms with van der Waals surface area (Å²) in [6.07, 6.45) is 2.98. The molecule has 0 fully saturated rings. The number of aromatic nitrogens is 1. The first-order chi connectivity index (χ1) is 7.84. The average molecular weight is 237 g/mol. The lowest BCUT2D eigenvalue weighted by Gasteiger charge is -2.18. The molecule has 1 rings (SSSR count). The van der Waals surface area contributed by atoms with Crippen molar-refractivity contribution in [2.45, 2.75) is 40.2 Å². The molecule has 0 radical (unpaired) electrons.